The number of methoxy groups -OCH3 is 1. The van der Waals surface area contributed by atoms with Crippen LogP contribution in [0.5, 0.6) is 0 Å². The van der Waals surface area contributed by atoms with Crippen LogP contribution in [0, 0.1) is 5.92 Å². The van der Waals surface area contributed by atoms with E-state index in [2.05, 4.69) is 4.74 Å². The van der Waals surface area contributed by atoms with Crippen molar-refractivity contribution in [2.24, 2.45) is 5.92 Å². The number of hydrogen-bond acceptors (Lipinski definition) is 4. The zero-order valence-electron chi connectivity index (χ0n) is 10.0. The second kappa shape index (κ2) is 6.81. The van der Waals surface area contributed by atoms with Crippen LogP contribution in [0.15, 0.2) is 30.3 Å². The number of Topliss-reactive ketones (excluding diaryl/α,β-unsaturated/α-hetero) is 1. The summed E-state index contributed by atoms with van der Waals surface area (Å²) >= 11 is 0. The molecular weight excluding hydrogens is 220 g/mol. The van der Waals surface area contributed by atoms with Crippen molar-refractivity contribution in [2.75, 3.05) is 13.7 Å². The fourth-order valence-electron chi connectivity index (χ4n) is 1.28. The van der Waals surface area contributed by atoms with E-state index in [1.165, 1.54) is 14.0 Å². The minimum absolute atomic E-state index is 0.0782. The first-order chi connectivity index (χ1) is 8.15. The van der Waals surface area contributed by atoms with Crippen LogP contribution in [0.2, 0.25) is 0 Å². The van der Waals surface area contributed by atoms with Crippen molar-refractivity contribution in [3.05, 3.63) is 35.9 Å². The molecule has 0 aliphatic rings. The molecule has 0 fully saturated rings. The minimum atomic E-state index is -0.768. The molecule has 0 heterocycles. The van der Waals surface area contributed by atoms with E-state index < -0.39 is 11.9 Å². The largest absolute Gasteiger partial charge is 0.468 e. The van der Waals surface area contributed by atoms with Crippen molar-refractivity contribution in [1.29, 1.82) is 0 Å². The van der Waals surface area contributed by atoms with E-state index in [1.807, 2.05) is 30.3 Å². The highest BCUT2D eigenvalue weighted by Crippen LogP contribution is 2.03. The Hall–Kier alpha value is -1.68. The van der Waals surface area contributed by atoms with Crippen LogP contribution >= 0.6 is 0 Å². The van der Waals surface area contributed by atoms with E-state index >= 15 is 0 Å². The van der Waals surface area contributed by atoms with E-state index in [9.17, 15) is 9.59 Å². The molecule has 0 radical (unpaired) electrons. The lowest BCUT2D eigenvalue weighted by molar-refractivity contribution is -0.150. The molecule has 4 heteroatoms. The average Bonchev–Trinajstić information content (AvgIpc) is 2.38. The Labute approximate surface area is 101 Å². The first-order valence-electron chi connectivity index (χ1n) is 5.37. The van der Waals surface area contributed by atoms with E-state index in [0.717, 1.165) is 5.56 Å². The number of rotatable bonds is 6. The summed E-state index contributed by atoms with van der Waals surface area (Å²) in [6.45, 7) is 1.80. The maximum atomic E-state index is 11.5. The van der Waals surface area contributed by atoms with Gasteiger partial charge in [-0.2, -0.15) is 0 Å². The van der Waals surface area contributed by atoms with Gasteiger partial charge in [0, 0.05) is 0 Å². The summed E-state index contributed by atoms with van der Waals surface area (Å²) in [5.74, 6) is -1.57. The SMILES string of the molecule is COC(=O)C(C)C(=O)COCc1ccccc1. The molecule has 4 nitrogen and oxygen atoms in total. The molecule has 0 spiro atoms. The summed E-state index contributed by atoms with van der Waals surface area (Å²) in [4.78, 5) is 22.6. The third-order valence-electron chi connectivity index (χ3n) is 2.39. The Kier molecular flexibility index (Phi) is 5.36. The van der Waals surface area contributed by atoms with Gasteiger partial charge in [0.2, 0.25) is 0 Å². The molecule has 0 saturated heterocycles. The number of carbonyl (C=O) groups excluding carboxylic acids is 2. The van der Waals surface area contributed by atoms with Gasteiger partial charge in [-0.3, -0.25) is 9.59 Å². The monoisotopic (exact) mass is 236 g/mol. The van der Waals surface area contributed by atoms with Crippen LogP contribution < -0.4 is 0 Å². The molecule has 0 bridgehead atoms. The van der Waals surface area contributed by atoms with E-state index in [0.29, 0.717) is 6.61 Å². The quantitative estimate of drug-likeness (QED) is 0.556. The maximum absolute atomic E-state index is 11.5. The van der Waals surface area contributed by atoms with Crippen LogP contribution in [0.1, 0.15) is 12.5 Å². The standard InChI is InChI=1S/C13H16O4/c1-10(13(15)16-2)12(14)9-17-8-11-6-4-3-5-7-11/h3-7,10H,8-9H2,1-2H3. The molecule has 17 heavy (non-hydrogen) atoms. The Morgan fingerprint density at radius 2 is 1.88 bits per heavy atom. The summed E-state index contributed by atoms with van der Waals surface area (Å²) in [7, 11) is 1.26. The number of esters is 1. The second-order valence-electron chi connectivity index (χ2n) is 3.69. The van der Waals surface area contributed by atoms with Crippen LogP contribution in [-0.2, 0) is 25.7 Å². The molecule has 1 unspecified atom stereocenters. The van der Waals surface area contributed by atoms with Crippen molar-refractivity contribution < 1.29 is 19.1 Å². The molecule has 92 valence electrons. The Bertz CT molecular complexity index is 372. The van der Waals surface area contributed by atoms with E-state index in [-0.39, 0.29) is 12.4 Å². The van der Waals surface area contributed by atoms with Gasteiger partial charge in [-0.15, -0.1) is 0 Å². The lowest BCUT2D eigenvalue weighted by atomic mass is 10.1. The fraction of sp³-hybridized carbons (Fsp3) is 0.385. The van der Waals surface area contributed by atoms with Crippen LogP contribution in [-0.4, -0.2) is 25.5 Å². The van der Waals surface area contributed by atoms with Gasteiger partial charge in [0.15, 0.2) is 5.78 Å². The normalized spacial score (nSPS) is 11.9. The zero-order chi connectivity index (χ0) is 12.7. The Morgan fingerprint density at radius 1 is 1.24 bits per heavy atom. The van der Waals surface area contributed by atoms with Crippen molar-refractivity contribution in [3.63, 3.8) is 0 Å². The number of hydrogen-bond donors (Lipinski definition) is 0. The average molecular weight is 236 g/mol. The number of ketones is 1. The van der Waals surface area contributed by atoms with Crippen LogP contribution in [0.25, 0.3) is 0 Å². The molecule has 0 aliphatic heterocycles. The summed E-state index contributed by atoms with van der Waals surface area (Å²) < 4.78 is 9.72. The highest BCUT2D eigenvalue weighted by Gasteiger charge is 2.21. The van der Waals surface area contributed by atoms with Gasteiger partial charge in [0.25, 0.3) is 0 Å². The van der Waals surface area contributed by atoms with Gasteiger partial charge >= 0.3 is 5.97 Å². The van der Waals surface area contributed by atoms with Gasteiger partial charge in [-0.05, 0) is 12.5 Å². The van der Waals surface area contributed by atoms with Gasteiger partial charge in [-0.1, -0.05) is 30.3 Å². The lowest BCUT2D eigenvalue weighted by Crippen LogP contribution is -2.25. The van der Waals surface area contributed by atoms with Gasteiger partial charge in [-0.25, -0.2) is 0 Å². The molecule has 0 aromatic heterocycles. The predicted molar refractivity (Wildman–Crippen MR) is 62.3 cm³/mol. The van der Waals surface area contributed by atoms with Gasteiger partial charge in [0.1, 0.15) is 12.5 Å². The molecule has 0 amide bonds. The van der Waals surface area contributed by atoms with Crippen LogP contribution in [0.4, 0.5) is 0 Å². The van der Waals surface area contributed by atoms with Crippen molar-refractivity contribution >= 4 is 11.8 Å². The third kappa shape index (κ3) is 4.36. The number of carbonyl (C=O) groups is 2. The first-order valence-corrected chi connectivity index (χ1v) is 5.37. The zero-order valence-corrected chi connectivity index (χ0v) is 10.0. The molecule has 1 atom stereocenters. The van der Waals surface area contributed by atoms with Crippen molar-refractivity contribution in [2.45, 2.75) is 13.5 Å². The number of ether oxygens (including phenoxy) is 2. The smallest absolute Gasteiger partial charge is 0.316 e. The maximum Gasteiger partial charge on any atom is 0.316 e. The third-order valence-corrected chi connectivity index (χ3v) is 2.39. The molecule has 1 aromatic rings. The van der Waals surface area contributed by atoms with E-state index in [1.54, 1.807) is 0 Å². The molecule has 1 aromatic carbocycles. The lowest BCUT2D eigenvalue weighted by Gasteiger charge is -2.08. The van der Waals surface area contributed by atoms with Crippen molar-refractivity contribution in [1.82, 2.24) is 0 Å². The van der Waals surface area contributed by atoms with Crippen molar-refractivity contribution in [3.8, 4) is 0 Å². The molecule has 0 saturated carbocycles. The summed E-state index contributed by atoms with van der Waals surface area (Å²) in [5.41, 5.74) is 0.992. The summed E-state index contributed by atoms with van der Waals surface area (Å²) in [6.07, 6.45) is 0. The highest BCUT2D eigenvalue weighted by atomic mass is 16.5. The second-order valence-corrected chi connectivity index (χ2v) is 3.69. The van der Waals surface area contributed by atoms with Crippen LogP contribution in [0.3, 0.4) is 0 Å². The topological polar surface area (TPSA) is 52.6 Å². The number of benzene rings is 1. The minimum Gasteiger partial charge on any atom is -0.468 e. The van der Waals surface area contributed by atoms with E-state index in [4.69, 9.17) is 4.74 Å². The molecule has 1 rings (SSSR count). The fourth-order valence-corrected chi connectivity index (χ4v) is 1.28. The Morgan fingerprint density at radius 3 is 2.47 bits per heavy atom. The predicted octanol–water partition coefficient (Wildman–Crippen LogP) is 1.58. The first kappa shape index (κ1) is 13.4. The summed E-state index contributed by atoms with van der Waals surface area (Å²) in [5, 5.41) is 0. The molecule has 0 aliphatic carbocycles. The molecular formula is C13H16O4. The Balaban J connectivity index is 2.32. The highest BCUT2D eigenvalue weighted by molar-refractivity contribution is 5.99. The molecule has 0 N–H and O–H groups in total. The van der Waals surface area contributed by atoms with Gasteiger partial charge in [0.05, 0.1) is 13.7 Å². The summed E-state index contributed by atoms with van der Waals surface area (Å²) in [6, 6.07) is 9.53. The van der Waals surface area contributed by atoms with Gasteiger partial charge < -0.3 is 9.47 Å².